The van der Waals surface area contributed by atoms with Gasteiger partial charge in [-0.15, -0.1) is 0 Å². The van der Waals surface area contributed by atoms with Crippen molar-refractivity contribution in [2.45, 2.75) is 19.8 Å². The van der Waals surface area contributed by atoms with Crippen LogP contribution in [-0.4, -0.2) is 22.2 Å². The quantitative estimate of drug-likeness (QED) is 0.293. The fraction of sp³-hybridized carbons (Fsp3) is 0.154. The molecule has 5 heteroatoms. The number of aryl methyl sites for hydroxylation is 2. The fourth-order valence-corrected chi connectivity index (χ4v) is 4.95. The van der Waals surface area contributed by atoms with Gasteiger partial charge in [0.15, 0.2) is 11.5 Å². The van der Waals surface area contributed by atoms with E-state index in [1.807, 2.05) is 24.3 Å². The summed E-state index contributed by atoms with van der Waals surface area (Å²) < 4.78 is 5.44. The van der Waals surface area contributed by atoms with Gasteiger partial charge in [-0.3, -0.25) is 0 Å². The first-order valence-corrected chi connectivity index (χ1v) is 10.6. The monoisotopic (exact) mass is 430 g/mol. The van der Waals surface area contributed by atoms with Crippen LogP contribution in [0.25, 0.3) is 21.8 Å². The summed E-state index contributed by atoms with van der Waals surface area (Å²) in [7, 11) is 1.54. The van der Waals surface area contributed by atoms with Crippen LogP contribution >= 0.6 is 11.6 Å². The van der Waals surface area contributed by atoms with E-state index in [-0.39, 0.29) is 16.7 Å². The van der Waals surface area contributed by atoms with Gasteiger partial charge in [0.25, 0.3) is 0 Å². The Hall–Kier alpha value is -3.37. The summed E-state index contributed by atoms with van der Waals surface area (Å²) in [6.07, 6.45) is 0. The Bertz CT molecular complexity index is 1350. The molecule has 156 valence electrons. The Morgan fingerprint density at radius 2 is 1.35 bits per heavy atom. The van der Waals surface area contributed by atoms with Crippen molar-refractivity contribution < 1.29 is 9.84 Å². The Kier molecular flexibility index (Phi) is 4.67. The van der Waals surface area contributed by atoms with Crippen LogP contribution in [0, 0.1) is 13.8 Å². The van der Waals surface area contributed by atoms with Crippen molar-refractivity contribution >= 4 is 33.4 Å². The van der Waals surface area contributed by atoms with Gasteiger partial charge in [0, 0.05) is 39.1 Å². The van der Waals surface area contributed by atoms with Crippen LogP contribution in [0.15, 0.2) is 60.7 Å². The summed E-state index contributed by atoms with van der Waals surface area (Å²) in [5, 5.41) is 13.0. The molecule has 2 aromatic heterocycles. The van der Waals surface area contributed by atoms with Gasteiger partial charge in [0.2, 0.25) is 0 Å². The topological polar surface area (TPSA) is 61.0 Å². The number of aromatic hydroxyl groups is 1. The van der Waals surface area contributed by atoms with Crippen molar-refractivity contribution in [3.8, 4) is 11.5 Å². The van der Waals surface area contributed by atoms with Gasteiger partial charge in [0.05, 0.1) is 12.1 Å². The molecule has 0 saturated carbocycles. The molecule has 2 heterocycles. The molecule has 0 aliphatic carbocycles. The number of phenols is 1. The van der Waals surface area contributed by atoms with E-state index in [1.54, 1.807) is 0 Å². The second-order valence-corrected chi connectivity index (χ2v) is 8.31. The highest BCUT2D eigenvalue weighted by molar-refractivity contribution is 6.32. The van der Waals surface area contributed by atoms with E-state index in [4.69, 9.17) is 16.3 Å². The number of H-pyrrole nitrogens is 2. The average Bonchev–Trinajstić information content (AvgIpc) is 3.27. The number of hydrogen-bond acceptors (Lipinski definition) is 2. The molecule has 0 atom stereocenters. The molecule has 5 rings (SSSR count). The zero-order valence-electron chi connectivity index (χ0n) is 17.6. The molecule has 5 aromatic rings. The van der Waals surface area contributed by atoms with Gasteiger partial charge in [0.1, 0.15) is 0 Å². The van der Waals surface area contributed by atoms with Gasteiger partial charge in [-0.1, -0.05) is 48.0 Å². The maximum absolute atomic E-state index is 10.3. The summed E-state index contributed by atoms with van der Waals surface area (Å²) in [6.45, 7) is 4.21. The zero-order chi connectivity index (χ0) is 21.7. The van der Waals surface area contributed by atoms with Crippen LogP contribution in [0.2, 0.25) is 5.02 Å². The predicted molar refractivity (Wildman–Crippen MR) is 127 cm³/mol. The molecular weight excluding hydrogens is 408 g/mol. The van der Waals surface area contributed by atoms with Gasteiger partial charge in [-0.25, -0.2) is 0 Å². The minimum atomic E-state index is -0.112. The number of ether oxygens (including phenoxy) is 1. The SMILES string of the molecule is COc1cc(C(c2c(C)[nH]c3ccccc23)c2c(C)[nH]c3ccccc23)cc(Cl)c1O. The number of fused-ring (bicyclic) bond motifs is 2. The van der Waals surface area contributed by atoms with Crippen molar-refractivity contribution in [1.29, 1.82) is 0 Å². The van der Waals surface area contributed by atoms with Crippen molar-refractivity contribution in [2.24, 2.45) is 0 Å². The first-order valence-electron chi connectivity index (χ1n) is 10.2. The van der Waals surface area contributed by atoms with E-state index in [0.717, 1.165) is 38.8 Å². The lowest BCUT2D eigenvalue weighted by Crippen LogP contribution is -2.06. The molecule has 0 spiro atoms. The summed E-state index contributed by atoms with van der Waals surface area (Å²) in [6, 6.07) is 20.4. The van der Waals surface area contributed by atoms with E-state index in [2.05, 4.69) is 60.2 Å². The molecule has 4 nitrogen and oxygen atoms in total. The van der Waals surface area contributed by atoms with Crippen LogP contribution in [0.5, 0.6) is 11.5 Å². The van der Waals surface area contributed by atoms with Gasteiger partial charge < -0.3 is 19.8 Å². The molecule has 31 heavy (non-hydrogen) atoms. The number of para-hydroxylation sites is 2. The van der Waals surface area contributed by atoms with Crippen LogP contribution in [0.3, 0.4) is 0 Å². The molecule has 0 saturated heterocycles. The van der Waals surface area contributed by atoms with Crippen LogP contribution in [-0.2, 0) is 0 Å². The molecule has 3 N–H and O–H groups in total. The summed E-state index contributed by atoms with van der Waals surface area (Å²) in [5.74, 6) is 0.208. The predicted octanol–water partition coefficient (Wildman–Crippen LogP) is 6.81. The van der Waals surface area contributed by atoms with Crippen molar-refractivity contribution in [2.75, 3.05) is 7.11 Å². The lowest BCUT2D eigenvalue weighted by atomic mass is 9.82. The minimum Gasteiger partial charge on any atom is -0.503 e. The van der Waals surface area contributed by atoms with Gasteiger partial charge in [-0.2, -0.15) is 0 Å². The number of hydrogen-bond donors (Lipinski definition) is 3. The maximum Gasteiger partial charge on any atom is 0.176 e. The second kappa shape index (κ2) is 7.40. The lowest BCUT2D eigenvalue weighted by molar-refractivity contribution is 0.373. The Morgan fingerprint density at radius 3 is 1.87 bits per heavy atom. The first-order chi connectivity index (χ1) is 15.0. The zero-order valence-corrected chi connectivity index (χ0v) is 18.3. The van der Waals surface area contributed by atoms with E-state index in [1.165, 1.54) is 18.2 Å². The van der Waals surface area contributed by atoms with E-state index >= 15 is 0 Å². The van der Waals surface area contributed by atoms with Gasteiger partial charge in [-0.05, 0) is 54.8 Å². The average molecular weight is 431 g/mol. The summed E-state index contributed by atoms with van der Waals surface area (Å²) >= 11 is 6.44. The Labute approximate surface area is 185 Å². The van der Waals surface area contributed by atoms with E-state index < -0.39 is 0 Å². The number of aromatic amines is 2. The number of aromatic nitrogens is 2. The molecule has 0 unspecified atom stereocenters. The smallest absolute Gasteiger partial charge is 0.176 e. The first kappa shape index (κ1) is 19.6. The number of phenolic OH excluding ortho intramolecular Hbond substituents is 1. The maximum atomic E-state index is 10.3. The Balaban J connectivity index is 1.89. The molecule has 0 bridgehead atoms. The number of methoxy groups -OCH3 is 1. The van der Waals surface area contributed by atoms with E-state index in [9.17, 15) is 5.11 Å². The van der Waals surface area contributed by atoms with Crippen LogP contribution in [0.4, 0.5) is 0 Å². The van der Waals surface area contributed by atoms with Crippen molar-refractivity contribution in [1.82, 2.24) is 9.97 Å². The molecule has 0 fully saturated rings. The molecule has 0 radical (unpaired) electrons. The number of nitrogens with one attached hydrogen (secondary N) is 2. The number of benzene rings is 3. The molecule has 0 amide bonds. The van der Waals surface area contributed by atoms with Crippen LogP contribution < -0.4 is 4.74 Å². The molecular formula is C26H23ClN2O2. The third kappa shape index (κ3) is 3.06. The molecule has 0 aliphatic rings. The van der Waals surface area contributed by atoms with Gasteiger partial charge >= 0.3 is 0 Å². The molecule has 0 aliphatic heterocycles. The highest BCUT2D eigenvalue weighted by Crippen LogP contribution is 2.46. The van der Waals surface area contributed by atoms with Crippen LogP contribution in [0.1, 0.15) is 34.0 Å². The number of rotatable bonds is 4. The summed E-state index contributed by atoms with van der Waals surface area (Å²) in [5.41, 5.74) is 7.71. The second-order valence-electron chi connectivity index (χ2n) is 7.91. The number of halogens is 1. The Morgan fingerprint density at radius 1 is 0.839 bits per heavy atom. The van der Waals surface area contributed by atoms with E-state index in [0.29, 0.717) is 5.75 Å². The fourth-order valence-electron chi connectivity index (χ4n) is 4.73. The molecule has 3 aromatic carbocycles. The minimum absolute atomic E-state index is 0.0436. The lowest BCUT2D eigenvalue weighted by Gasteiger charge is -2.21. The van der Waals surface area contributed by atoms with Crippen molar-refractivity contribution in [3.63, 3.8) is 0 Å². The highest BCUT2D eigenvalue weighted by Gasteiger charge is 2.28. The largest absolute Gasteiger partial charge is 0.503 e. The highest BCUT2D eigenvalue weighted by atomic mass is 35.5. The standard InChI is InChI=1S/C26H23ClN2O2/c1-14-23(17-8-4-6-10-20(17)28-14)25(16-12-19(27)26(30)22(13-16)31-3)24-15(2)29-21-11-7-5-9-18(21)24/h4-13,25,28-30H,1-3H3. The summed E-state index contributed by atoms with van der Waals surface area (Å²) in [4.78, 5) is 7.08. The third-order valence-corrected chi connectivity index (χ3v) is 6.36. The van der Waals surface area contributed by atoms with Crippen molar-refractivity contribution in [3.05, 3.63) is 93.8 Å². The normalized spacial score (nSPS) is 11.6. The third-order valence-electron chi connectivity index (χ3n) is 6.07.